The van der Waals surface area contributed by atoms with E-state index in [2.05, 4.69) is 4.98 Å². The van der Waals surface area contributed by atoms with E-state index in [1.54, 1.807) is 36.1 Å². The van der Waals surface area contributed by atoms with Gasteiger partial charge in [0.25, 0.3) is 11.7 Å². The molecule has 6 heteroatoms. The highest BCUT2D eigenvalue weighted by atomic mass is 16.4. The number of aromatic carboxylic acids is 1. The van der Waals surface area contributed by atoms with E-state index in [-0.39, 0.29) is 11.5 Å². The van der Waals surface area contributed by atoms with Crippen LogP contribution in [-0.4, -0.2) is 45.7 Å². The molecule has 31 heavy (non-hydrogen) atoms. The maximum Gasteiger partial charge on any atom is 0.335 e. The quantitative estimate of drug-likeness (QED) is 0.480. The topological polar surface area (TPSA) is 90.5 Å². The summed E-state index contributed by atoms with van der Waals surface area (Å²) in [4.78, 5) is 41.8. The Labute approximate surface area is 180 Å². The molecule has 1 aromatic heterocycles. The van der Waals surface area contributed by atoms with Crippen LogP contribution in [0, 0.1) is 6.92 Å². The molecular weight excluding hydrogens is 392 g/mol. The van der Waals surface area contributed by atoms with Crippen LogP contribution in [0.3, 0.4) is 0 Å². The van der Waals surface area contributed by atoms with Crippen molar-refractivity contribution in [2.45, 2.75) is 25.7 Å². The summed E-state index contributed by atoms with van der Waals surface area (Å²) >= 11 is 0. The second-order valence-electron chi connectivity index (χ2n) is 7.91. The van der Waals surface area contributed by atoms with Crippen molar-refractivity contribution in [1.82, 2.24) is 9.88 Å². The minimum Gasteiger partial charge on any atom is -0.478 e. The Hall–Kier alpha value is -3.67. The van der Waals surface area contributed by atoms with Gasteiger partial charge in [-0.25, -0.2) is 4.79 Å². The summed E-state index contributed by atoms with van der Waals surface area (Å²) in [6, 6.07) is 18.4. The predicted molar refractivity (Wildman–Crippen MR) is 117 cm³/mol. The Bertz CT molecular complexity index is 1130. The lowest BCUT2D eigenvalue weighted by atomic mass is 9.88. The van der Waals surface area contributed by atoms with Crippen LogP contribution in [0.5, 0.6) is 0 Å². The number of H-pyrrole nitrogens is 1. The predicted octanol–water partition coefficient (Wildman–Crippen LogP) is 4.28. The van der Waals surface area contributed by atoms with Gasteiger partial charge in [0.1, 0.15) is 0 Å². The van der Waals surface area contributed by atoms with Gasteiger partial charge in [0.05, 0.1) is 5.56 Å². The van der Waals surface area contributed by atoms with E-state index >= 15 is 0 Å². The van der Waals surface area contributed by atoms with Crippen LogP contribution < -0.4 is 0 Å². The maximum atomic E-state index is 12.9. The van der Waals surface area contributed by atoms with E-state index < -0.39 is 17.7 Å². The molecule has 2 aromatic carbocycles. The minimum atomic E-state index is -0.947. The van der Waals surface area contributed by atoms with Crippen LogP contribution in [0.15, 0.2) is 60.7 Å². The number of hydrogen-bond acceptors (Lipinski definition) is 3. The van der Waals surface area contributed by atoms with Crippen LogP contribution in [0.1, 0.15) is 50.7 Å². The second kappa shape index (κ2) is 8.60. The number of ketones is 1. The average molecular weight is 416 g/mol. The van der Waals surface area contributed by atoms with Gasteiger partial charge in [-0.05, 0) is 55.0 Å². The van der Waals surface area contributed by atoms with Crippen LogP contribution in [0.25, 0.3) is 11.3 Å². The first-order valence-corrected chi connectivity index (χ1v) is 10.4. The number of aromatic nitrogens is 1. The monoisotopic (exact) mass is 416 g/mol. The van der Waals surface area contributed by atoms with Gasteiger partial charge in [0.15, 0.2) is 0 Å². The molecule has 0 aliphatic carbocycles. The normalized spacial score (nSPS) is 14.4. The fraction of sp³-hybridized carbons (Fsp3) is 0.240. The van der Waals surface area contributed by atoms with Crippen molar-refractivity contribution in [1.29, 1.82) is 0 Å². The average Bonchev–Trinajstić information content (AvgIpc) is 3.20. The van der Waals surface area contributed by atoms with Crippen molar-refractivity contribution in [3.63, 3.8) is 0 Å². The summed E-state index contributed by atoms with van der Waals surface area (Å²) in [5.41, 5.74) is 4.08. The number of Topliss-reactive ketones (excluding diaryl/α,β-unsaturated/α-hetero) is 1. The number of likely N-dealkylation sites (tertiary alicyclic amines) is 1. The number of nitrogens with one attached hydrogen (secondary N) is 1. The number of benzene rings is 2. The summed E-state index contributed by atoms with van der Waals surface area (Å²) in [5, 5.41) is 9.20. The Morgan fingerprint density at radius 1 is 0.968 bits per heavy atom. The lowest BCUT2D eigenvalue weighted by molar-refractivity contribution is -0.127. The first-order chi connectivity index (χ1) is 14.9. The molecule has 2 heterocycles. The van der Waals surface area contributed by atoms with E-state index in [0.717, 1.165) is 16.8 Å². The number of rotatable bonds is 5. The Morgan fingerprint density at radius 3 is 2.35 bits per heavy atom. The number of carbonyl (C=O) groups is 3. The smallest absolute Gasteiger partial charge is 0.335 e. The van der Waals surface area contributed by atoms with E-state index in [4.69, 9.17) is 0 Å². The Balaban J connectivity index is 1.43. The standard InChI is InChI=1S/C25H24N2O4/c1-16-21(15-22(26-16)18-6-3-2-4-7-18)23(28)24(29)27-12-10-17(11-13-27)19-8-5-9-20(14-19)25(30)31/h2-9,14-15,17,26H,10-13H2,1H3,(H,30,31). The van der Waals surface area contributed by atoms with Gasteiger partial charge in [0.2, 0.25) is 0 Å². The number of aromatic amines is 1. The van der Waals surface area contributed by atoms with Crippen molar-refractivity contribution >= 4 is 17.7 Å². The molecule has 1 amide bonds. The molecule has 1 aliphatic heterocycles. The second-order valence-corrected chi connectivity index (χ2v) is 7.91. The summed E-state index contributed by atoms with van der Waals surface area (Å²) in [5.74, 6) is -1.75. The molecule has 0 unspecified atom stereocenters. The maximum absolute atomic E-state index is 12.9. The molecule has 0 atom stereocenters. The molecule has 0 saturated carbocycles. The molecular formula is C25H24N2O4. The number of nitrogens with zero attached hydrogens (tertiary/aromatic N) is 1. The largest absolute Gasteiger partial charge is 0.478 e. The zero-order chi connectivity index (χ0) is 22.0. The highest BCUT2D eigenvalue weighted by molar-refractivity contribution is 6.43. The van der Waals surface area contributed by atoms with Crippen molar-refractivity contribution in [2.24, 2.45) is 0 Å². The molecule has 0 spiro atoms. The highest BCUT2D eigenvalue weighted by Gasteiger charge is 2.30. The first kappa shape index (κ1) is 20.6. The van der Waals surface area contributed by atoms with Crippen LogP contribution in [-0.2, 0) is 4.79 Å². The van der Waals surface area contributed by atoms with Crippen LogP contribution in [0.2, 0.25) is 0 Å². The molecule has 4 rings (SSSR count). The zero-order valence-corrected chi connectivity index (χ0v) is 17.3. The summed E-state index contributed by atoms with van der Waals surface area (Å²) in [6.07, 6.45) is 1.40. The molecule has 6 nitrogen and oxygen atoms in total. The number of carboxylic acids is 1. The fourth-order valence-electron chi connectivity index (χ4n) is 4.17. The highest BCUT2D eigenvalue weighted by Crippen LogP contribution is 2.29. The molecule has 3 aromatic rings. The van der Waals surface area contributed by atoms with Gasteiger partial charge in [-0.3, -0.25) is 9.59 Å². The lowest BCUT2D eigenvalue weighted by Gasteiger charge is -2.32. The zero-order valence-electron chi connectivity index (χ0n) is 17.3. The Morgan fingerprint density at radius 2 is 1.68 bits per heavy atom. The third-order valence-corrected chi connectivity index (χ3v) is 5.93. The molecule has 1 aliphatic rings. The van der Waals surface area contributed by atoms with Gasteiger partial charge < -0.3 is 15.0 Å². The van der Waals surface area contributed by atoms with E-state index in [1.165, 1.54) is 0 Å². The number of hydrogen-bond donors (Lipinski definition) is 2. The summed E-state index contributed by atoms with van der Waals surface area (Å²) in [7, 11) is 0. The lowest BCUT2D eigenvalue weighted by Crippen LogP contribution is -2.41. The van der Waals surface area contributed by atoms with Gasteiger partial charge >= 0.3 is 5.97 Å². The number of aryl methyl sites for hydroxylation is 1. The summed E-state index contributed by atoms with van der Waals surface area (Å²) < 4.78 is 0. The number of carbonyl (C=O) groups excluding carboxylic acids is 2. The molecule has 0 bridgehead atoms. The molecule has 2 N–H and O–H groups in total. The fourth-order valence-corrected chi connectivity index (χ4v) is 4.17. The molecule has 0 radical (unpaired) electrons. The first-order valence-electron chi connectivity index (χ1n) is 10.4. The third kappa shape index (κ3) is 4.28. The van der Waals surface area contributed by atoms with Gasteiger partial charge in [0, 0.05) is 30.0 Å². The van der Waals surface area contributed by atoms with Crippen LogP contribution >= 0.6 is 0 Å². The van der Waals surface area contributed by atoms with Crippen LogP contribution in [0.4, 0.5) is 0 Å². The van der Waals surface area contributed by atoms with Gasteiger partial charge in [-0.1, -0.05) is 42.5 Å². The van der Waals surface area contributed by atoms with E-state index in [9.17, 15) is 19.5 Å². The SMILES string of the molecule is Cc1[nH]c(-c2ccccc2)cc1C(=O)C(=O)N1CCC(c2cccc(C(=O)O)c2)CC1. The number of piperidine rings is 1. The molecule has 158 valence electrons. The van der Waals surface area contributed by atoms with E-state index in [1.807, 2.05) is 36.4 Å². The van der Waals surface area contributed by atoms with Crippen molar-refractivity contribution in [3.8, 4) is 11.3 Å². The minimum absolute atomic E-state index is 0.178. The van der Waals surface area contributed by atoms with Gasteiger partial charge in [-0.2, -0.15) is 0 Å². The Kier molecular flexibility index (Phi) is 5.71. The van der Waals surface area contributed by atoms with Gasteiger partial charge in [-0.15, -0.1) is 0 Å². The van der Waals surface area contributed by atoms with Crippen molar-refractivity contribution in [3.05, 3.63) is 83.0 Å². The third-order valence-electron chi connectivity index (χ3n) is 5.93. The van der Waals surface area contributed by atoms with E-state index in [0.29, 0.717) is 37.2 Å². The molecule has 1 fully saturated rings. The number of carboxylic acid groups (broad SMARTS) is 1. The summed E-state index contributed by atoms with van der Waals surface area (Å²) in [6.45, 7) is 2.75. The molecule has 1 saturated heterocycles. The van der Waals surface area contributed by atoms with Crippen molar-refractivity contribution < 1.29 is 19.5 Å². The van der Waals surface area contributed by atoms with Crippen molar-refractivity contribution in [2.75, 3.05) is 13.1 Å². The number of amides is 1.